The van der Waals surface area contributed by atoms with E-state index in [-0.39, 0.29) is 18.0 Å². The number of hydrogen-bond donors (Lipinski definition) is 1. The van der Waals surface area contributed by atoms with Crippen LogP contribution in [-0.4, -0.2) is 14.8 Å². The Morgan fingerprint density at radius 3 is 2.45 bits per heavy atom. The van der Waals surface area contributed by atoms with Gasteiger partial charge in [-0.25, -0.2) is 18.4 Å². The SMILES string of the molecule is CC(C)n1ncnc1CC(N)c1c(F)cc(Br)cc1F. The van der Waals surface area contributed by atoms with Gasteiger partial charge in [0.15, 0.2) is 0 Å². The average Bonchev–Trinajstić information content (AvgIpc) is 2.75. The van der Waals surface area contributed by atoms with Crippen molar-refractivity contribution in [3.63, 3.8) is 0 Å². The first-order valence-corrected chi connectivity index (χ1v) is 6.97. The van der Waals surface area contributed by atoms with E-state index in [1.807, 2.05) is 13.8 Å². The molecule has 1 atom stereocenters. The summed E-state index contributed by atoms with van der Waals surface area (Å²) in [6.45, 7) is 3.90. The van der Waals surface area contributed by atoms with E-state index in [0.717, 1.165) is 0 Å². The van der Waals surface area contributed by atoms with Gasteiger partial charge >= 0.3 is 0 Å². The first-order chi connectivity index (χ1) is 9.40. The standard InChI is InChI=1S/C13H15BrF2N4/c1-7(2)20-12(18-6-19-20)5-11(17)13-9(15)3-8(14)4-10(13)16/h3-4,6-7,11H,5,17H2,1-2H3. The molecule has 7 heteroatoms. The van der Waals surface area contributed by atoms with Crippen LogP contribution in [0.4, 0.5) is 8.78 Å². The summed E-state index contributed by atoms with van der Waals surface area (Å²) in [7, 11) is 0. The molecule has 4 nitrogen and oxygen atoms in total. The Morgan fingerprint density at radius 1 is 1.30 bits per heavy atom. The third kappa shape index (κ3) is 3.04. The third-order valence-electron chi connectivity index (χ3n) is 2.95. The highest BCUT2D eigenvalue weighted by Crippen LogP contribution is 2.25. The molecule has 1 aromatic carbocycles. The number of benzene rings is 1. The van der Waals surface area contributed by atoms with Gasteiger partial charge in [0.05, 0.1) is 0 Å². The molecule has 0 amide bonds. The van der Waals surface area contributed by atoms with Gasteiger partial charge in [0, 0.05) is 28.5 Å². The van der Waals surface area contributed by atoms with Crippen molar-refractivity contribution in [3.8, 4) is 0 Å². The predicted octanol–water partition coefficient (Wildman–Crippen LogP) is 3.14. The Morgan fingerprint density at radius 2 is 1.90 bits per heavy atom. The minimum absolute atomic E-state index is 0.110. The summed E-state index contributed by atoms with van der Waals surface area (Å²) in [6.07, 6.45) is 1.63. The zero-order valence-corrected chi connectivity index (χ0v) is 12.7. The molecule has 0 aliphatic heterocycles. The Balaban J connectivity index is 2.29. The summed E-state index contributed by atoms with van der Waals surface area (Å²) in [5.74, 6) is -0.728. The molecule has 1 aromatic heterocycles. The van der Waals surface area contributed by atoms with E-state index in [1.54, 1.807) is 4.68 Å². The molecule has 2 rings (SSSR count). The lowest BCUT2D eigenvalue weighted by Gasteiger charge is -2.15. The number of nitrogens with zero attached hydrogens (tertiary/aromatic N) is 3. The smallest absolute Gasteiger partial charge is 0.138 e. The zero-order chi connectivity index (χ0) is 14.9. The van der Waals surface area contributed by atoms with Gasteiger partial charge in [0.25, 0.3) is 0 Å². The van der Waals surface area contributed by atoms with Gasteiger partial charge in [-0.2, -0.15) is 5.10 Å². The van der Waals surface area contributed by atoms with Crippen LogP contribution >= 0.6 is 15.9 Å². The van der Waals surface area contributed by atoms with E-state index in [2.05, 4.69) is 26.0 Å². The minimum atomic E-state index is -0.815. The maximum Gasteiger partial charge on any atom is 0.138 e. The summed E-state index contributed by atoms with van der Waals surface area (Å²) < 4.78 is 29.7. The topological polar surface area (TPSA) is 56.7 Å². The van der Waals surface area contributed by atoms with Crippen molar-refractivity contribution in [3.05, 3.63) is 46.0 Å². The van der Waals surface area contributed by atoms with Crippen LogP contribution in [0, 0.1) is 11.6 Å². The van der Waals surface area contributed by atoms with Crippen LogP contribution in [0.2, 0.25) is 0 Å². The van der Waals surface area contributed by atoms with Gasteiger partial charge in [-0.15, -0.1) is 0 Å². The van der Waals surface area contributed by atoms with Crippen molar-refractivity contribution in [2.45, 2.75) is 32.4 Å². The van der Waals surface area contributed by atoms with Crippen LogP contribution in [0.1, 0.15) is 37.3 Å². The molecule has 0 spiro atoms. The first kappa shape index (κ1) is 15.1. The lowest BCUT2D eigenvalue weighted by atomic mass is 10.0. The fourth-order valence-electron chi connectivity index (χ4n) is 2.06. The van der Waals surface area contributed by atoms with Gasteiger partial charge < -0.3 is 5.73 Å². The summed E-state index contributed by atoms with van der Waals surface area (Å²) in [6, 6.07) is 1.70. The normalized spacial score (nSPS) is 12.9. The monoisotopic (exact) mass is 344 g/mol. The maximum absolute atomic E-state index is 13.9. The average molecular weight is 345 g/mol. The number of aromatic nitrogens is 3. The van der Waals surface area contributed by atoms with Crippen molar-refractivity contribution >= 4 is 15.9 Å². The second-order valence-corrected chi connectivity index (χ2v) is 5.72. The van der Waals surface area contributed by atoms with Gasteiger partial charge in [0.2, 0.25) is 0 Å². The molecule has 0 saturated carbocycles. The van der Waals surface area contributed by atoms with Crippen LogP contribution in [-0.2, 0) is 6.42 Å². The predicted molar refractivity (Wildman–Crippen MR) is 75.1 cm³/mol. The van der Waals surface area contributed by atoms with Crippen molar-refractivity contribution < 1.29 is 8.78 Å². The van der Waals surface area contributed by atoms with Gasteiger partial charge in [-0.05, 0) is 26.0 Å². The van der Waals surface area contributed by atoms with E-state index in [1.165, 1.54) is 18.5 Å². The van der Waals surface area contributed by atoms with Crippen LogP contribution in [0.25, 0.3) is 0 Å². The van der Waals surface area contributed by atoms with Crippen LogP contribution in [0.3, 0.4) is 0 Å². The minimum Gasteiger partial charge on any atom is -0.323 e. The highest BCUT2D eigenvalue weighted by atomic mass is 79.9. The molecule has 1 heterocycles. The van der Waals surface area contributed by atoms with Gasteiger partial charge in [-0.1, -0.05) is 15.9 Å². The van der Waals surface area contributed by atoms with E-state index in [9.17, 15) is 8.78 Å². The maximum atomic E-state index is 13.9. The highest BCUT2D eigenvalue weighted by Gasteiger charge is 2.20. The molecular weight excluding hydrogens is 330 g/mol. The fourth-order valence-corrected chi connectivity index (χ4v) is 2.46. The Bertz CT molecular complexity index is 589. The van der Waals surface area contributed by atoms with Crippen LogP contribution in [0.15, 0.2) is 22.9 Å². The molecule has 2 N–H and O–H groups in total. The van der Waals surface area contributed by atoms with Crippen molar-refractivity contribution in [2.75, 3.05) is 0 Å². The number of halogens is 3. The van der Waals surface area contributed by atoms with Crippen molar-refractivity contribution in [2.24, 2.45) is 5.73 Å². The summed E-state index contributed by atoms with van der Waals surface area (Å²) in [4.78, 5) is 4.10. The molecule has 1 unspecified atom stereocenters. The molecule has 20 heavy (non-hydrogen) atoms. The molecule has 0 radical (unpaired) electrons. The Kier molecular flexibility index (Phi) is 4.49. The molecule has 0 aliphatic rings. The highest BCUT2D eigenvalue weighted by molar-refractivity contribution is 9.10. The van der Waals surface area contributed by atoms with E-state index in [0.29, 0.717) is 10.3 Å². The second kappa shape index (κ2) is 5.97. The van der Waals surface area contributed by atoms with E-state index >= 15 is 0 Å². The fraction of sp³-hybridized carbons (Fsp3) is 0.385. The molecule has 0 bridgehead atoms. The van der Waals surface area contributed by atoms with Crippen LogP contribution < -0.4 is 5.73 Å². The zero-order valence-electron chi connectivity index (χ0n) is 11.1. The first-order valence-electron chi connectivity index (χ1n) is 6.18. The summed E-state index contributed by atoms with van der Waals surface area (Å²) in [5.41, 5.74) is 5.80. The lowest BCUT2D eigenvalue weighted by Crippen LogP contribution is -2.20. The second-order valence-electron chi connectivity index (χ2n) is 4.81. The van der Waals surface area contributed by atoms with E-state index in [4.69, 9.17) is 5.73 Å². The number of rotatable bonds is 4. The van der Waals surface area contributed by atoms with Gasteiger partial charge in [0.1, 0.15) is 23.8 Å². The third-order valence-corrected chi connectivity index (χ3v) is 3.41. The molecule has 0 saturated heterocycles. The van der Waals surface area contributed by atoms with Crippen molar-refractivity contribution in [1.29, 1.82) is 0 Å². The molecular formula is C13H15BrF2N4. The number of hydrogen-bond acceptors (Lipinski definition) is 3. The van der Waals surface area contributed by atoms with E-state index < -0.39 is 17.7 Å². The van der Waals surface area contributed by atoms with Crippen LogP contribution in [0.5, 0.6) is 0 Å². The lowest BCUT2D eigenvalue weighted by molar-refractivity contribution is 0.478. The quantitative estimate of drug-likeness (QED) is 0.926. The van der Waals surface area contributed by atoms with Crippen molar-refractivity contribution in [1.82, 2.24) is 14.8 Å². The summed E-state index contributed by atoms with van der Waals surface area (Å²) in [5, 5.41) is 4.08. The van der Waals surface area contributed by atoms with Gasteiger partial charge in [-0.3, -0.25) is 0 Å². The molecule has 108 valence electrons. The molecule has 0 fully saturated rings. The molecule has 0 aliphatic carbocycles. The largest absolute Gasteiger partial charge is 0.323 e. The Hall–Kier alpha value is -1.34. The summed E-state index contributed by atoms with van der Waals surface area (Å²) >= 11 is 3.04. The Labute approximate surface area is 124 Å². The molecule has 2 aromatic rings. The number of nitrogens with two attached hydrogens (primary N) is 1.